The predicted molar refractivity (Wildman–Crippen MR) is 117 cm³/mol. The zero-order valence-electron chi connectivity index (χ0n) is 16.7. The molecule has 28 heavy (non-hydrogen) atoms. The normalized spacial score (nSPS) is 21.1. The highest BCUT2D eigenvalue weighted by molar-refractivity contribution is 6.31. The van der Waals surface area contributed by atoms with E-state index in [9.17, 15) is 0 Å². The molecule has 148 valence electrons. The van der Waals surface area contributed by atoms with Crippen molar-refractivity contribution < 1.29 is 0 Å². The van der Waals surface area contributed by atoms with Gasteiger partial charge in [0.2, 0.25) is 0 Å². The van der Waals surface area contributed by atoms with E-state index in [-0.39, 0.29) is 0 Å². The van der Waals surface area contributed by atoms with E-state index in [4.69, 9.17) is 16.7 Å². The number of hydrogen-bond donors (Lipinski definition) is 0. The van der Waals surface area contributed by atoms with Crippen LogP contribution in [0.1, 0.15) is 55.0 Å². The van der Waals surface area contributed by atoms with Gasteiger partial charge in [0.25, 0.3) is 0 Å². The van der Waals surface area contributed by atoms with Gasteiger partial charge in [-0.1, -0.05) is 54.1 Å². The Bertz CT molecular complexity index is 829. The van der Waals surface area contributed by atoms with Crippen molar-refractivity contribution in [3.05, 3.63) is 76.6 Å². The molecule has 0 spiro atoms. The zero-order chi connectivity index (χ0) is 19.3. The summed E-state index contributed by atoms with van der Waals surface area (Å²) in [4.78, 5) is 2.61. The summed E-state index contributed by atoms with van der Waals surface area (Å²) in [5, 5.41) is 5.82. The first-order valence-corrected chi connectivity index (χ1v) is 11.0. The monoisotopic (exact) mass is 395 g/mol. The molecular formula is C24H30ClN3. The summed E-state index contributed by atoms with van der Waals surface area (Å²) in [6.07, 6.45) is 10.9. The van der Waals surface area contributed by atoms with E-state index >= 15 is 0 Å². The van der Waals surface area contributed by atoms with E-state index in [1.54, 1.807) is 0 Å². The molecule has 0 N–H and O–H groups in total. The number of aryl methyl sites for hydroxylation is 1. The number of halogens is 1. The second kappa shape index (κ2) is 9.11. The number of piperidine rings is 1. The van der Waals surface area contributed by atoms with Gasteiger partial charge in [0, 0.05) is 35.7 Å². The Morgan fingerprint density at radius 1 is 1.14 bits per heavy atom. The Labute approximate surface area is 173 Å². The molecule has 4 heteroatoms. The maximum absolute atomic E-state index is 6.10. The highest BCUT2D eigenvalue weighted by Crippen LogP contribution is 2.33. The van der Waals surface area contributed by atoms with Crippen molar-refractivity contribution in [2.24, 2.45) is 0 Å². The first-order chi connectivity index (χ1) is 13.7. The molecule has 1 saturated heterocycles. The third-order valence-corrected chi connectivity index (χ3v) is 6.41. The summed E-state index contributed by atoms with van der Waals surface area (Å²) in [5.41, 5.74) is 4.06. The Morgan fingerprint density at radius 3 is 2.61 bits per heavy atom. The minimum Gasteiger partial charge on any atom is -0.303 e. The van der Waals surface area contributed by atoms with Crippen molar-refractivity contribution in [2.45, 2.75) is 51.0 Å². The van der Waals surface area contributed by atoms with Crippen LogP contribution in [0.4, 0.5) is 0 Å². The average molecular weight is 396 g/mol. The van der Waals surface area contributed by atoms with Gasteiger partial charge in [0.15, 0.2) is 0 Å². The minimum atomic E-state index is 0.398. The maximum atomic E-state index is 6.10. The number of aromatic nitrogens is 2. The first kappa shape index (κ1) is 19.5. The van der Waals surface area contributed by atoms with Crippen LogP contribution in [0.25, 0.3) is 0 Å². The van der Waals surface area contributed by atoms with Crippen molar-refractivity contribution in [2.75, 3.05) is 19.6 Å². The molecular weight excluding hydrogens is 366 g/mol. The molecule has 2 aliphatic rings. The minimum absolute atomic E-state index is 0.398. The fraction of sp³-hybridized carbons (Fsp3) is 0.458. The molecule has 1 aliphatic carbocycles. The molecule has 1 aliphatic heterocycles. The lowest BCUT2D eigenvalue weighted by molar-refractivity contribution is 0.213. The Kier molecular flexibility index (Phi) is 6.33. The smallest absolute Gasteiger partial charge is 0.0659 e. The van der Waals surface area contributed by atoms with E-state index in [2.05, 4.69) is 65.1 Å². The quantitative estimate of drug-likeness (QED) is 0.644. The van der Waals surface area contributed by atoms with Crippen LogP contribution < -0.4 is 0 Å². The van der Waals surface area contributed by atoms with Crippen molar-refractivity contribution >= 4 is 11.6 Å². The molecule has 1 atom stereocenters. The second-order valence-electron chi connectivity index (χ2n) is 7.95. The molecule has 0 saturated carbocycles. The van der Waals surface area contributed by atoms with E-state index in [1.165, 1.54) is 42.9 Å². The summed E-state index contributed by atoms with van der Waals surface area (Å²) < 4.78 is 2.19. The zero-order valence-corrected chi connectivity index (χ0v) is 17.5. The fourth-order valence-electron chi connectivity index (χ4n) is 4.40. The lowest BCUT2D eigenvalue weighted by atomic mass is 9.91. The van der Waals surface area contributed by atoms with E-state index in [1.807, 2.05) is 6.08 Å². The number of rotatable bonds is 6. The van der Waals surface area contributed by atoms with E-state index < -0.39 is 0 Å². The van der Waals surface area contributed by atoms with E-state index in [0.717, 1.165) is 31.0 Å². The van der Waals surface area contributed by atoms with Crippen LogP contribution in [0.5, 0.6) is 0 Å². The number of nitrogens with zero attached hydrogens (tertiary/aromatic N) is 3. The lowest BCUT2D eigenvalue weighted by Crippen LogP contribution is -2.34. The van der Waals surface area contributed by atoms with Gasteiger partial charge in [-0.15, -0.1) is 0 Å². The van der Waals surface area contributed by atoms with Crippen molar-refractivity contribution in [3.63, 3.8) is 0 Å². The standard InChI is InChI=1S/C24H30ClN3/c1-2-28-24(21-8-10-22(25)11-9-21)18-23(26-28)20-13-16-27(17-14-20)15-12-19-6-4-3-5-7-19/h3-8,10-11,18,20-21H,2,9,12-17H2,1H3. The first-order valence-electron chi connectivity index (χ1n) is 10.6. The highest BCUT2D eigenvalue weighted by atomic mass is 35.5. The van der Waals surface area contributed by atoms with Gasteiger partial charge in [-0.3, -0.25) is 4.68 Å². The Hall–Kier alpha value is -1.84. The summed E-state index contributed by atoms with van der Waals surface area (Å²) in [6.45, 7) is 6.61. The van der Waals surface area contributed by atoms with Gasteiger partial charge >= 0.3 is 0 Å². The molecule has 1 unspecified atom stereocenters. The number of hydrogen-bond acceptors (Lipinski definition) is 2. The van der Waals surface area contributed by atoms with Crippen molar-refractivity contribution in [1.82, 2.24) is 14.7 Å². The van der Waals surface area contributed by atoms with Gasteiger partial charge in [-0.2, -0.15) is 5.10 Å². The molecule has 4 rings (SSSR count). The van der Waals surface area contributed by atoms with Crippen molar-refractivity contribution in [1.29, 1.82) is 0 Å². The summed E-state index contributed by atoms with van der Waals surface area (Å²) in [7, 11) is 0. The van der Waals surface area contributed by atoms with Crippen LogP contribution in [-0.2, 0) is 13.0 Å². The number of benzene rings is 1. The summed E-state index contributed by atoms with van der Waals surface area (Å²) in [6, 6.07) is 13.2. The molecule has 0 bridgehead atoms. The van der Waals surface area contributed by atoms with Gasteiger partial charge < -0.3 is 4.90 Å². The SMILES string of the molecule is CCn1nc(C2CCN(CCc3ccccc3)CC2)cc1C1C=CC(Cl)=CC1. The largest absolute Gasteiger partial charge is 0.303 e. The van der Waals surface area contributed by atoms with Crippen LogP contribution in [0, 0.1) is 0 Å². The van der Waals surface area contributed by atoms with Gasteiger partial charge in [-0.05, 0) is 63.4 Å². The molecule has 0 radical (unpaired) electrons. The van der Waals surface area contributed by atoms with E-state index in [0.29, 0.717) is 11.8 Å². The molecule has 1 aromatic carbocycles. The third kappa shape index (κ3) is 4.59. The van der Waals surface area contributed by atoms with Gasteiger partial charge in [0.1, 0.15) is 0 Å². The van der Waals surface area contributed by atoms with Gasteiger partial charge in [-0.25, -0.2) is 0 Å². The topological polar surface area (TPSA) is 21.1 Å². The molecule has 1 fully saturated rings. The molecule has 2 aromatic rings. The average Bonchev–Trinajstić information content (AvgIpc) is 3.18. The second-order valence-corrected chi connectivity index (χ2v) is 8.39. The number of allylic oxidation sites excluding steroid dienone is 4. The fourth-order valence-corrected chi connectivity index (χ4v) is 4.56. The molecule has 1 aromatic heterocycles. The Morgan fingerprint density at radius 2 is 1.93 bits per heavy atom. The van der Waals surface area contributed by atoms with Crippen LogP contribution in [0.2, 0.25) is 0 Å². The third-order valence-electron chi connectivity index (χ3n) is 6.13. The van der Waals surface area contributed by atoms with Crippen LogP contribution >= 0.6 is 11.6 Å². The Balaban J connectivity index is 1.35. The van der Waals surface area contributed by atoms with Crippen molar-refractivity contribution in [3.8, 4) is 0 Å². The summed E-state index contributed by atoms with van der Waals surface area (Å²) in [5.74, 6) is 0.987. The molecule has 3 nitrogen and oxygen atoms in total. The molecule has 0 amide bonds. The maximum Gasteiger partial charge on any atom is 0.0659 e. The number of likely N-dealkylation sites (tertiary alicyclic amines) is 1. The van der Waals surface area contributed by atoms with Gasteiger partial charge in [0.05, 0.1) is 5.69 Å². The van der Waals surface area contributed by atoms with Crippen LogP contribution in [0.3, 0.4) is 0 Å². The predicted octanol–water partition coefficient (Wildman–Crippen LogP) is 5.49. The van der Waals surface area contributed by atoms with Crippen LogP contribution in [0.15, 0.2) is 59.7 Å². The lowest BCUT2D eigenvalue weighted by Gasteiger charge is -2.31. The molecule has 2 heterocycles. The summed E-state index contributed by atoms with van der Waals surface area (Å²) >= 11 is 6.10. The van der Waals surface area contributed by atoms with Crippen LogP contribution in [-0.4, -0.2) is 34.3 Å². The highest BCUT2D eigenvalue weighted by Gasteiger charge is 2.25.